The SMILES string of the molecule is CCN(C(O)/N=C\C=C/NC)[C@@H](C)CO. The van der Waals surface area contributed by atoms with Gasteiger partial charge in [-0.3, -0.25) is 4.90 Å². The third kappa shape index (κ3) is 5.51. The van der Waals surface area contributed by atoms with Crippen LogP contribution in [0, 0.1) is 0 Å². The van der Waals surface area contributed by atoms with Crippen molar-refractivity contribution < 1.29 is 10.2 Å². The molecule has 0 aliphatic rings. The summed E-state index contributed by atoms with van der Waals surface area (Å²) in [5, 5.41) is 21.5. The number of rotatable bonds is 7. The van der Waals surface area contributed by atoms with Crippen molar-refractivity contribution >= 4 is 6.21 Å². The van der Waals surface area contributed by atoms with Crippen LogP contribution in [0.1, 0.15) is 13.8 Å². The smallest absolute Gasteiger partial charge is 0.204 e. The Hall–Kier alpha value is -0.910. The number of nitrogens with zero attached hydrogens (tertiary/aromatic N) is 2. The summed E-state index contributed by atoms with van der Waals surface area (Å²) < 4.78 is 0. The van der Waals surface area contributed by atoms with E-state index in [-0.39, 0.29) is 12.6 Å². The molecule has 0 radical (unpaired) electrons. The molecule has 0 fully saturated rings. The van der Waals surface area contributed by atoms with Gasteiger partial charge in [-0.15, -0.1) is 0 Å². The molecule has 5 heteroatoms. The number of nitrogens with one attached hydrogen (secondary N) is 1. The molecule has 0 heterocycles. The molecule has 0 bridgehead atoms. The maximum atomic E-state index is 9.67. The Labute approximate surface area is 91.1 Å². The first-order chi connectivity index (χ1) is 7.17. The van der Waals surface area contributed by atoms with Crippen LogP contribution in [0.25, 0.3) is 0 Å². The van der Waals surface area contributed by atoms with Crippen LogP contribution in [-0.4, -0.2) is 53.9 Å². The van der Waals surface area contributed by atoms with E-state index in [1.54, 1.807) is 24.2 Å². The number of aliphatic hydroxyl groups excluding tert-OH is 2. The van der Waals surface area contributed by atoms with Crippen LogP contribution in [0.5, 0.6) is 0 Å². The Morgan fingerprint density at radius 3 is 2.67 bits per heavy atom. The number of aliphatic hydroxyl groups is 2. The second kappa shape index (κ2) is 8.40. The quantitative estimate of drug-likeness (QED) is 0.405. The average molecular weight is 215 g/mol. The van der Waals surface area contributed by atoms with Crippen molar-refractivity contribution in [2.24, 2.45) is 4.99 Å². The molecule has 0 aromatic carbocycles. The molecule has 1 unspecified atom stereocenters. The summed E-state index contributed by atoms with van der Waals surface area (Å²) in [6, 6.07) is -0.101. The second-order valence-corrected chi connectivity index (χ2v) is 3.15. The maximum Gasteiger partial charge on any atom is 0.204 e. The van der Waals surface area contributed by atoms with Gasteiger partial charge in [0.2, 0.25) is 6.35 Å². The molecule has 3 N–H and O–H groups in total. The zero-order chi connectivity index (χ0) is 11.7. The summed E-state index contributed by atoms with van der Waals surface area (Å²) in [7, 11) is 1.78. The monoisotopic (exact) mass is 215 g/mol. The van der Waals surface area contributed by atoms with Gasteiger partial charge in [0, 0.05) is 19.3 Å². The molecule has 0 amide bonds. The van der Waals surface area contributed by atoms with Gasteiger partial charge in [0.1, 0.15) is 0 Å². The minimum Gasteiger partial charge on any atom is -0.395 e. The van der Waals surface area contributed by atoms with Crippen molar-refractivity contribution in [3.63, 3.8) is 0 Å². The maximum absolute atomic E-state index is 9.67. The van der Waals surface area contributed by atoms with Gasteiger partial charge in [-0.2, -0.15) is 0 Å². The number of aliphatic imine (C=N–C) groups is 1. The van der Waals surface area contributed by atoms with E-state index in [1.165, 1.54) is 6.21 Å². The predicted octanol–water partition coefficient (Wildman–Crippen LogP) is -0.231. The molecule has 0 rings (SSSR count). The largest absolute Gasteiger partial charge is 0.395 e. The van der Waals surface area contributed by atoms with Gasteiger partial charge in [-0.25, -0.2) is 4.99 Å². The van der Waals surface area contributed by atoms with Crippen LogP contribution in [0.4, 0.5) is 0 Å². The average Bonchev–Trinajstić information content (AvgIpc) is 2.25. The summed E-state index contributed by atoms with van der Waals surface area (Å²) in [6.45, 7) is 4.39. The fourth-order valence-corrected chi connectivity index (χ4v) is 1.16. The molecule has 15 heavy (non-hydrogen) atoms. The highest BCUT2D eigenvalue weighted by molar-refractivity contribution is 5.70. The molecule has 0 aliphatic heterocycles. The predicted molar refractivity (Wildman–Crippen MR) is 61.6 cm³/mol. The van der Waals surface area contributed by atoms with Gasteiger partial charge in [0.05, 0.1) is 6.61 Å². The van der Waals surface area contributed by atoms with Crippen molar-refractivity contribution in [2.45, 2.75) is 26.2 Å². The first kappa shape index (κ1) is 14.1. The third-order valence-electron chi connectivity index (χ3n) is 2.06. The molecular weight excluding hydrogens is 194 g/mol. The Morgan fingerprint density at radius 1 is 1.53 bits per heavy atom. The Balaban J connectivity index is 4.20. The van der Waals surface area contributed by atoms with Gasteiger partial charge >= 0.3 is 0 Å². The highest BCUT2D eigenvalue weighted by Gasteiger charge is 2.17. The zero-order valence-electron chi connectivity index (χ0n) is 9.59. The lowest BCUT2D eigenvalue weighted by molar-refractivity contribution is -0.0240. The van der Waals surface area contributed by atoms with E-state index < -0.39 is 6.35 Å². The van der Waals surface area contributed by atoms with E-state index in [0.717, 1.165) is 0 Å². The van der Waals surface area contributed by atoms with Crippen LogP contribution in [-0.2, 0) is 0 Å². The van der Waals surface area contributed by atoms with Gasteiger partial charge in [-0.1, -0.05) is 6.92 Å². The first-order valence-electron chi connectivity index (χ1n) is 5.07. The summed E-state index contributed by atoms with van der Waals surface area (Å²) >= 11 is 0. The van der Waals surface area contributed by atoms with Crippen LogP contribution in [0.2, 0.25) is 0 Å². The molecule has 2 atom stereocenters. The minimum atomic E-state index is -0.904. The second-order valence-electron chi connectivity index (χ2n) is 3.15. The molecule has 0 aromatic heterocycles. The highest BCUT2D eigenvalue weighted by Crippen LogP contribution is 2.03. The van der Waals surface area contributed by atoms with E-state index in [0.29, 0.717) is 6.54 Å². The molecule has 0 saturated carbocycles. The molecule has 5 nitrogen and oxygen atoms in total. The van der Waals surface area contributed by atoms with E-state index in [1.807, 2.05) is 13.8 Å². The Kier molecular flexibility index (Phi) is 7.89. The standard InChI is InChI=1S/C10H21N3O2/c1-4-13(9(2)8-14)10(15)12-7-5-6-11-3/h5-7,9-11,14-15H,4,8H2,1-3H3/b6-5-,12-7-/t9-,10?/m0/s1. The Bertz CT molecular complexity index is 207. The molecule has 0 aromatic rings. The van der Waals surface area contributed by atoms with Crippen molar-refractivity contribution in [3.8, 4) is 0 Å². The van der Waals surface area contributed by atoms with Crippen molar-refractivity contribution in [1.82, 2.24) is 10.2 Å². The van der Waals surface area contributed by atoms with Crippen LogP contribution < -0.4 is 5.32 Å². The van der Waals surface area contributed by atoms with Crippen LogP contribution >= 0.6 is 0 Å². The zero-order valence-corrected chi connectivity index (χ0v) is 9.59. The van der Waals surface area contributed by atoms with Crippen molar-refractivity contribution in [1.29, 1.82) is 0 Å². The van der Waals surface area contributed by atoms with Gasteiger partial charge in [0.15, 0.2) is 0 Å². The fourth-order valence-electron chi connectivity index (χ4n) is 1.16. The Morgan fingerprint density at radius 2 is 2.20 bits per heavy atom. The topological polar surface area (TPSA) is 68.1 Å². The number of hydrogen-bond acceptors (Lipinski definition) is 5. The lowest BCUT2D eigenvalue weighted by Gasteiger charge is -2.28. The summed E-state index contributed by atoms with van der Waals surface area (Å²) in [4.78, 5) is 5.62. The normalized spacial score (nSPS) is 16.4. The van der Waals surface area contributed by atoms with E-state index in [9.17, 15) is 5.11 Å². The van der Waals surface area contributed by atoms with E-state index >= 15 is 0 Å². The van der Waals surface area contributed by atoms with Crippen molar-refractivity contribution in [2.75, 3.05) is 20.2 Å². The molecule has 88 valence electrons. The van der Waals surface area contributed by atoms with E-state index in [4.69, 9.17) is 5.11 Å². The van der Waals surface area contributed by atoms with Crippen LogP contribution in [0.3, 0.4) is 0 Å². The lowest BCUT2D eigenvalue weighted by Crippen LogP contribution is -2.42. The van der Waals surface area contributed by atoms with Gasteiger partial charge in [-0.05, 0) is 25.7 Å². The highest BCUT2D eigenvalue weighted by atomic mass is 16.3. The van der Waals surface area contributed by atoms with Gasteiger partial charge in [0.25, 0.3) is 0 Å². The third-order valence-corrected chi connectivity index (χ3v) is 2.06. The number of likely N-dealkylation sites (N-methyl/N-ethyl adjacent to an activating group) is 1. The van der Waals surface area contributed by atoms with Crippen molar-refractivity contribution in [3.05, 3.63) is 12.3 Å². The van der Waals surface area contributed by atoms with E-state index in [2.05, 4.69) is 10.3 Å². The first-order valence-corrected chi connectivity index (χ1v) is 5.07. The summed E-state index contributed by atoms with van der Waals surface area (Å²) in [5.41, 5.74) is 0. The molecule has 0 spiro atoms. The number of allylic oxidation sites excluding steroid dienone is 1. The van der Waals surface area contributed by atoms with Gasteiger partial charge < -0.3 is 15.5 Å². The molecule has 0 saturated heterocycles. The molecule has 0 aliphatic carbocycles. The summed E-state index contributed by atoms with van der Waals surface area (Å²) in [6.07, 6.45) is 4.02. The lowest BCUT2D eigenvalue weighted by atomic mass is 10.3. The fraction of sp³-hybridized carbons (Fsp3) is 0.700. The molecular formula is C10H21N3O2. The minimum absolute atomic E-state index is 0.00672. The van der Waals surface area contributed by atoms with Crippen LogP contribution in [0.15, 0.2) is 17.3 Å². The summed E-state index contributed by atoms with van der Waals surface area (Å²) in [5.74, 6) is 0. The number of hydrogen-bond donors (Lipinski definition) is 3.